The van der Waals surface area contributed by atoms with Gasteiger partial charge in [-0.2, -0.15) is 0 Å². The number of nitrogens with two attached hydrogens (primary N) is 1. The summed E-state index contributed by atoms with van der Waals surface area (Å²) >= 11 is 5.14. The fourth-order valence-corrected chi connectivity index (χ4v) is 3.22. The van der Waals surface area contributed by atoms with Crippen molar-refractivity contribution in [1.29, 1.82) is 0 Å². The third-order valence-corrected chi connectivity index (χ3v) is 4.45. The fourth-order valence-electron chi connectivity index (χ4n) is 3.06. The molecule has 2 atom stereocenters. The number of nitrogens with zero attached hydrogens (tertiary/aromatic N) is 2. The Morgan fingerprint density at radius 2 is 2.15 bits per heavy atom. The van der Waals surface area contributed by atoms with Crippen LogP contribution in [0.3, 0.4) is 0 Å². The second-order valence-electron chi connectivity index (χ2n) is 5.81. The van der Waals surface area contributed by atoms with Crippen molar-refractivity contribution in [3.8, 4) is 0 Å². The summed E-state index contributed by atoms with van der Waals surface area (Å²) in [5.74, 6) is 0. The van der Waals surface area contributed by atoms with Crippen molar-refractivity contribution >= 4 is 17.2 Å². The van der Waals surface area contributed by atoms with E-state index in [0.29, 0.717) is 11.0 Å². The van der Waals surface area contributed by atoms with Gasteiger partial charge >= 0.3 is 0 Å². The number of hydrogen-bond acceptors (Lipinski definition) is 3. The van der Waals surface area contributed by atoms with E-state index in [9.17, 15) is 0 Å². The first-order chi connectivity index (χ1) is 9.58. The summed E-state index contributed by atoms with van der Waals surface area (Å²) in [6, 6.07) is 11.5. The third-order valence-electron chi connectivity index (χ3n) is 4.28. The van der Waals surface area contributed by atoms with Gasteiger partial charge in [0.15, 0.2) is 0 Å². The van der Waals surface area contributed by atoms with Crippen molar-refractivity contribution in [2.75, 3.05) is 27.2 Å². The predicted octanol–water partition coefficient (Wildman–Crippen LogP) is 2.43. The molecular formula is C16H25N3S. The molecule has 0 bridgehead atoms. The summed E-state index contributed by atoms with van der Waals surface area (Å²) in [6.07, 6.45) is 3.34. The summed E-state index contributed by atoms with van der Waals surface area (Å²) in [5.41, 5.74) is 7.09. The summed E-state index contributed by atoms with van der Waals surface area (Å²) in [6.45, 7) is 2.28. The number of hydrogen-bond donors (Lipinski definition) is 1. The average Bonchev–Trinajstić information content (AvgIpc) is 2.82. The SMILES string of the molecule is CN1CCCC1CN(C)C(CC(N)=S)c1ccccc1. The van der Waals surface area contributed by atoms with Crippen LogP contribution in [-0.2, 0) is 0 Å². The van der Waals surface area contributed by atoms with Gasteiger partial charge in [-0.25, -0.2) is 0 Å². The van der Waals surface area contributed by atoms with E-state index >= 15 is 0 Å². The van der Waals surface area contributed by atoms with Gasteiger partial charge in [0.1, 0.15) is 0 Å². The number of thiocarbonyl (C=S) groups is 1. The zero-order chi connectivity index (χ0) is 14.5. The Bertz CT molecular complexity index is 435. The summed E-state index contributed by atoms with van der Waals surface area (Å²) in [5, 5.41) is 0. The Morgan fingerprint density at radius 1 is 1.45 bits per heavy atom. The highest BCUT2D eigenvalue weighted by Crippen LogP contribution is 2.25. The largest absolute Gasteiger partial charge is 0.393 e. The number of likely N-dealkylation sites (N-methyl/N-ethyl adjacent to an activating group) is 2. The molecule has 3 nitrogen and oxygen atoms in total. The lowest BCUT2D eigenvalue weighted by Gasteiger charge is -2.32. The molecule has 1 aromatic rings. The molecule has 20 heavy (non-hydrogen) atoms. The van der Waals surface area contributed by atoms with Crippen LogP contribution in [0.1, 0.15) is 30.9 Å². The van der Waals surface area contributed by atoms with Crippen molar-refractivity contribution in [1.82, 2.24) is 9.80 Å². The molecule has 1 fully saturated rings. The monoisotopic (exact) mass is 291 g/mol. The maximum atomic E-state index is 5.80. The summed E-state index contributed by atoms with van der Waals surface area (Å²) in [4.78, 5) is 5.45. The molecule has 1 aliphatic rings. The van der Waals surface area contributed by atoms with Crippen molar-refractivity contribution in [2.24, 2.45) is 5.73 Å². The lowest BCUT2D eigenvalue weighted by Crippen LogP contribution is -2.39. The van der Waals surface area contributed by atoms with E-state index in [0.717, 1.165) is 13.0 Å². The fraction of sp³-hybridized carbons (Fsp3) is 0.562. The van der Waals surface area contributed by atoms with E-state index in [2.05, 4.69) is 48.2 Å². The first kappa shape index (κ1) is 15.4. The second-order valence-corrected chi connectivity index (χ2v) is 6.34. The second kappa shape index (κ2) is 7.16. The Kier molecular flexibility index (Phi) is 5.52. The first-order valence-electron chi connectivity index (χ1n) is 7.31. The number of rotatable bonds is 6. The quantitative estimate of drug-likeness (QED) is 0.816. The molecule has 4 heteroatoms. The van der Waals surface area contributed by atoms with Crippen molar-refractivity contribution in [2.45, 2.75) is 31.3 Å². The van der Waals surface area contributed by atoms with Gasteiger partial charge in [0.25, 0.3) is 0 Å². The minimum absolute atomic E-state index is 0.280. The van der Waals surface area contributed by atoms with Gasteiger partial charge in [-0.1, -0.05) is 42.5 Å². The van der Waals surface area contributed by atoms with Gasteiger partial charge in [0, 0.05) is 25.0 Å². The minimum Gasteiger partial charge on any atom is -0.393 e. The number of likely N-dealkylation sites (tertiary alicyclic amines) is 1. The van der Waals surface area contributed by atoms with Crippen LogP contribution >= 0.6 is 12.2 Å². The highest BCUT2D eigenvalue weighted by molar-refractivity contribution is 7.80. The van der Waals surface area contributed by atoms with E-state index in [1.807, 2.05) is 6.07 Å². The number of benzene rings is 1. The molecule has 0 aromatic heterocycles. The van der Waals surface area contributed by atoms with E-state index in [1.165, 1.54) is 24.9 Å². The standard InChI is InChI=1S/C16H25N3S/c1-18-10-6-9-14(18)12-19(2)15(11-16(17)20)13-7-4-3-5-8-13/h3-5,7-8,14-15H,6,9-12H2,1-2H3,(H2,17,20). The Balaban J connectivity index is 2.07. The van der Waals surface area contributed by atoms with Gasteiger partial charge < -0.3 is 10.6 Å². The highest BCUT2D eigenvalue weighted by Gasteiger charge is 2.26. The smallest absolute Gasteiger partial charge is 0.0746 e. The molecular weight excluding hydrogens is 266 g/mol. The molecule has 1 heterocycles. The van der Waals surface area contributed by atoms with Crippen LogP contribution in [0.2, 0.25) is 0 Å². The van der Waals surface area contributed by atoms with E-state index in [1.54, 1.807) is 0 Å². The molecule has 1 aliphatic heterocycles. The zero-order valence-corrected chi connectivity index (χ0v) is 13.3. The highest BCUT2D eigenvalue weighted by atomic mass is 32.1. The molecule has 0 aliphatic carbocycles. The lowest BCUT2D eigenvalue weighted by atomic mass is 10.0. The average molecular weight is 291 g/mol. The molecule has 0 saturated carbocycles. The topological polar surface area (TPSA) is 32.5 Å². The third kappa shape index (κ3) is 4.01. The molecule has 2 rings (SSSR count). The lowest BCUT2D eigenvalue weighted by molar-refractivity contribution is 0.179. The minimum atomic E-state index is 0.280. The normalized spacial score (nSPS) is 21.2. The van der Waals surface area contributed by atoms with Crippen LogP contribution in [0.5, 0.6) is 0 Å². The Morgan fingerprint density at radius 3 is 2.70 bits per heavy atom. The van der Waals surface area contributed by atoms with Crippen LogP contribution < -0.4 is 5.73 Å². The van der Waals surface area contributed by atoms with Gasteiger partial charge in [-0.3, -0.25) is 4.90 Å². The molecule has 0 spiro atoms. The van der Waals surface area contributed by atoms with Crippen molar-refractivity contribution < 1.29 is 0 Å². The zero-order valence-electron chi connectivity index (χ0n) is 12.5. The van der Waals surface area contributed by atoms with Gasteiger partial charge in [0.2, 0.25) is 0 Å². The molecule has 1 aromatic carbocycles. The molecule has 0 radical (unpaired) electrons. The Hall–Kier alpha value is -0.970. The van der Waals surface area contributed by atoms with E-state index < -0.39 is 0 Å². The van der Waals surface area contributed by atoms with Gasteiger partial charge in [-0.15, -0.1) is 0 Å². The molecule has 0 amide bonds. The Labute approximate surface area is 127 Å². The van der Waals surface area contributed by atoms with E-state index in [-0.39, 0.29) is 6.04 Å². The first-order valence-corrected chi connectivity index (χ1v) is 7.72. The maximum Gasteiger partial charge on any atom is 0.0746 e. The molecule has 2 unspecified atom stereocenters. The van der Waals surface area contributed by atoms with Crippen LogP contribution in [0.4, 0.5) is 0 Å². The molecule has 2 N–H and O–H groups in total. The summed E-state index contributed by atoms with van der Waals surface area (Å²) < 4.78 is 0. The molecule has 110 valence electrons. The molecule has 1 saturated heterocycles. The van der Waals surface area contributed by atoms with Crippen LogP contribution in [0.25, 0.3) is 0 Å². The van der Waals surface area contributed by atoms with Crippen LogP contribution in [0.15, 0.2) is 30.3 Å². The van der Waals surface area contributed by atoms with Gasteiger partial charge in [0.05, 0.1) is 4.99 Å². The van der Waals surface area contributed by atoms with Gasteiger partial charge in [-0.05, 0) is 39.0 Å². The van der Waals surface area contributed by atoms with Crippen molar-refractivity contribution in [3.63, 3.8) is 0 Å². The van der Waals surface area contributed by atoms with Crippen LogP contribution in [-0.4, -0.2) is 48.0 Å². The predicted molar refractivity (Wildman–Crippen MR) is 88.9 cm³/mol. The van der Waals surface area contributed by atoms with E-state index in [4.69, 9.17) is 18.0 Å². The maximum absolute atomic E-state index is 5.80. The summed E-state index contributed by atoms with van der Waals surface area (Å²) in [7, 11) is 4.40. The van der Waals surface area contributed by atoms with Crippen LogP contribution in [0, 0.1) is 0 Å². The van der Waals surface area contributed by atoms with Crippen molar-refractivity contribution in [3.05, 3.63) is 35.9 Å².